The largest absolute Gasteiger partial charge is 0.381 e. The molecule has 1 saturated carbocycles. The van der Waals surface area contributed by atoms with Crippen molar-refractivity contribution in [2.24, 2.45) is 7.05 Å². The second-order valence-corrected chi connectivity index (χ2v) is 5.66. The Morgan fingerprint density at radius 2 is 2.11 bits per heavy atom. The van der Waals surface area contributed by atoms with Gasteiger partial charge in [-0.05, 0) is 12.8 Å². The van der Waals surface area contributed by atoms with E-state index in [2.05, 4.69) is 24.7 Å². The highest BCUT2D eigenvalue weighted by Gasteiger charge is 2.25. The van der Waals surface area contributed by atoms with Crippen molar-refractivity contribution in [2.45, 2.75) is 36.0 Å². The molecule has 0 bridgehead atoms. The maximum absolute atomic E-state index is 5.77. The van der Waals surface area contributed by atoms with Crippen molar-refractivity contribution in [1.29, 1.82) is 0 Å². The Kier molecular flexibility index (Phi) is 3.37. The summed E-state index contributed by atoms with van der Waals surface area (Å²) in [5.74, 6) is 3.83. The Morgan fingerprint density at radius 1 is 1.32 bits per heavy atom. The van der Waals surface area contributed by atoms with Gasteiger partial charge in [0.25, 0.3) is 0 Å². The minimum atomic E-state index is 0.467. The van der Waals surface area contributed by atoms with E-state index in [0.717, 1.165) is 16.7 Å². The molecule has 0 aromatic carbocycles. The Morgan fingerprint density at radius 3 is 2.79 bits per heavy atom. The lowest BCUT2D eigenvalue weighted by Crippen LogP contribution is -2.14. The van der Waals surface area contributed by atoms with Crippen LogP contribution >= 0.6 is 11.8 Å². The number of aromatic nitrogens is 5. The highest BCUT2D eigenvalue weighted by atomic mass is 32.2. The predicted molar refractivity (Wildman–Crippen MR) is 73.6 cm³/mol. The minimum Gasteiger partial charge on any atom is -0.381 e. The van der Waals surface area contributed by atoms with Crippen molar-refractivity contribution < 1.29 is 0 Å². The van der Waals surface area contributed by atoms with E-state index in [0.29, 0.717) is 17.5 Å². The molecule has 0 unspecified atom stereocenters. The van der Waals surface area contributed by atoms with Crippen LogP contribution in [0.1, 0.15) is 36.8 Å². The fraction of sp³-hybridized carbons (Fsp3) is 0.500. The van der Waals surface area contributed by atoms with E-state index in [1.165, 1.54) is 19.3 Å². The number of hydrogen-bond donors (Lipinski definition) is 1. The number of nitrogens with zero attached hydrogens (tertiary/aromatic N) is 5. The summed E-state index contributed by atoms with van der Waals surface area (Å²) < 4.78 is 2.10. The molecule has 1 fully saturated rings. The van der Waals surface area contributed by atoms with Crippen LogP contribution in [0.3, 0.4) is 0 Å². The van der Waals surface area contributed by atoms with Crippen LogP contribution < -0.4 is 5.73 Å². The lowest BCUT2D eigenvalue weighted by Gasteiger charge is -2.24. The van der Waals surface area contributed by atoms with Crippen LogP contribution in [0.5, 0.6) is 0 Å². The van der Waals surface area contributed by atoms with E-state index in [-0.39, 0.29) is 0 Å². The average Bonchev–Trinajstić information content (AvgIpc) is 2.69. The molecular formula is C12H16N6S. The highest BCUT2D eigenvalue weighted by Crippen LogP contribution is 2.35. The van der Waals surface area contributed by atoms with Gasteiger partial charge in [-0.1, -0.05) is 18.2 Å². The van der Waals surface area contributed by atoms with Crippen LogP contribution in [0.15, 0.2) is 17.4 Å². The van der Waals surface area contributed by atoms with Crippen molar-refractivity contribution in [1.82, 2.24) is 24.7 Å². The van der Waals surface area contributed by atoms with Gasteiger partial charge in [0.1, 0.15) is 16.7 Å². The Bertz CT molecular complexity index is 577. The molecule has 0 aliphatic heterocycles. The van der Waals surface area contributed by atoms with E-state index in [4.69, 9.17) is 5.73 Å². The zero-order valence-corrected chi connectivity index (χ0v) is 11.6. The predicted octanol–water partition coefficient (Wildman–Crippen LogP) is 1.75. The molecule has 0 saturated heterocycles. The van der Waals surface area contributed by atoms with Crippen LogP contribution in [0.25, 0.3) is 0 Å². The SMILES string of the molecule is Cn1c(CSc2nccnc2N)nnc1C1CCC1. The van der Waals surface area contributed by atoms with Crippen LogP contribution in [0.4, 0.5) is 5.82 Å². The first-order chi connectivity index (χ1) is 9.25. The second-order valence-electron chi connectivity index (χ2n) is 4.70. The molecule has 6 nitrogen and oxygen atoms in total. The summed E-state index contributed by atoms with van der Waals surface area (Å²) in [5.41, 5.74) is 5.77. The van der Waals surface area contributed by atoms with E-state index in [1.54, 1.807) is 24.2 Å². The van der Waals surface area contributed by atoms with E-state index in [1.807, 2.05) is 7.05 Å². The summed E-state index contributed by atoms with van der Waals surface area (Å²) in [7, 11) is 2.03. The third kappa shape index (κ3) is 2.42. The number of nitrogen functional groups attached to an aromatic ring is 1. The molecule has 2 heterocycles. The molecule has 0 amide bonds. The zero-order chi connectivity index (χ0) is 13.2. The molecule has 3 rings (SSSR count). The molecule has 1 aliphatic rings. The maximum atomic E-state index is 5.77. The summed E-state index contributed by atoms with van der Waals surface area (Å²) >= 11 is 1.54. The van der Waals surface area contributed by atoms with Gasteiger partial charge in [-0.2, -0.15) is 0 Å². The van der Waals surface area contributed by atoms with Crippen LogP contribution in [0, 0.1) is 0 Å². The topological polar surface area (TPSA) is 82.5 Å². The van der Waals surface area contributed by atoms with Gasteiger partial charge in [0.2, 0.25) is 0 Å². The maximum Gasteiger partial charge on any atom is 0.156 e. The second kappa shape index (κ2) is 5.16. The number of rotatable bonds is 4. The highest BCUT2D eigenvalue weighted by molar-refractivity contribution is 7.98. The summed E-state index contributed by atoms with van der Waals surface area (Å²) in [6.45, 7) is 0. The number of hydrogen-bond acceptors (Lipinski definition) is 6. The summed E-state index contributed by atoms with van der Waals surface area (Å²) in [4.78, 5) is 8.23. The van der Waals surface area contributed by atoms with Crippen LogP contribution in [0.2, 0.25) is 0 Å². The van der Waals surface area contributed by atoms with Gasteiger partial charge in [0.15, 0.2) is 5.82 Å². The van der Waals surface area contributed by atoms with E-state index >= 15 is 0 Å². The Hall–Kier alpha value is -1.63. The van der Waals surface area contributed by atoms with E-state index in [9.17, 15) is 0 Å². The monoisotopic (exact) mass is 276 g/mol. The first kappa shape index (κ1) is 12.4. The fourth-order valence-corrected chi connectivity index (χ4v) is 2.96. The van der Waals surface area contributed by atoms with Gasteiger partial charge in [0.05, 0.1) is 5.75 Å². The van der Waals surface area contributed by atoms with Gasteiger partial charge in [-0.3, -0.25) is 0 Å². The first-order valence-corrected chi connectivity index (χ1v) is 7.31. The fourth-order valence-electron chi connectivity index (χ4n) is 2.10. The molecule has 19 heavy (non-hydrogen) atoms. The zero-order valence-electron chi connectivity index (χ0n) is 10.8. The van der Waals surface area contributed by atoms with Gasteiger partial charge in [-0.25, -0.2) is 9.97 Å². The summed E-state index contributed by atoms with van der Waals surface area (Å²) in [6.07, 6.45) is 7.01. The van der Waals surface area contributed by atoms with E-state index < -0.39 is 0 Å². The molecule has 100 valence electrons. The third-order valence-corrected chi connectivity index (χ3v) is 4.49. The molecule has 1 aliphatic carbocycles. The van der Waals surface area contributed by atoms with Crippen molar-refractivity contribution in [3.63, 3.8) is 0 Å². The first-order valence-electron chi connectivity index (χ1n) is 6.33. The molecule has 7 heteroatoms. The van der Waals surface area contributed by atoms with Crippen LogP contribution in [-0.2, 0) is 12.8 Å². The number of thioether (sulfide) groups is 1. The smallest absolute Gasteiger partial charge is 0.156 e. The van der Waals surface area contributed by atoms with Crippen molar-refractivity contribution in [2.75, 3.05) is 5.73 Å². The third-order valence-electron chi connectivity index (χ3n) is 3.50. The Balaban J connectivity index is 1.70. The van der Waals surface area contributed by atoms with Crippen molar-refractivity contribution in [3.8, 4) is 0 Å². The molecule has 2 aromatic rings. The summed E-state index contributed by atoms with van der Waals surface area (Å²) in [5, 5.41) is 9.32. The number of nitrogens with two attached hydrogens (primary N) is 1. The molecular weight excluding hydrogens is 260 g/mol. The Labute approximate surface area is 115 Å². The molecule has 0 atom stereocenters. The standard InChI is InChI=1S/C12H16N6S/c1-18-9(16-17-11(18)8-3-2-4-8)7-19-12-10(13)14-5-6-15-12/h5-6,8H,2-4,7H2,1H3,(H2,13,14). The van der Waals surface area contributed by atoms with Gasteiger partial charge >= 0.3 is 0 Å². The minimum absolute atomic E-state index is 0.467. The van der Waals surface area contributed by atoms with Crippen LogP contribution in [-0.4, -0.2) is 24.7 Å². The molecule has 2 aromatic heterocycles. The van der Waals surface area contributed by atoms with Crippen molar-refractivity contribution in [3.05, 3.63) is 24.0 Å². The lowest BCUT2D eigenvalue weighted by atomic mass is 9.85. The van der Waals surface area contributed by atoms with Gasteiger partial charge < -0.3 is 10.3 Å². The average molecular weight is 276 g/mol. The van der Waals surface area contributed by atoms with Crippen molar-refractivity contribution >= 4 is 17.6 Å². The summed E-state index contributed by atoms with van der Waals surface area (Å²) in [6, 6.07) is 0. The molecule has 2 N–H and O–H groups in total. The normalized spacial score (nSPS) is 15.4. The van der Waals surface area contributed by atoms with Gasteiger partial charge in [0, 0.05) is 25.4 Å². The quantitative estimate of drug-likeness (QED) is 0.857. The molecule has 0 spiro atoms. The lowest BCUT2D eigenvalue weighted by molar-refractivity contribution is 0.391. The molecule has 0 radical (unpaired) electrons. The number of anilines is 1. The van der Waals surface area contributed by atoms with Gasteiger partial charge in [-0.15, -0.1) is 10.2 Å².